The molecule has 4 nitrogen and oxygen atoms in total. The Hall–Kier alpha value is -9.38. The van der Waals surface area contributed by atoms with Gasteiger partial charge in [-0.05, 0) is 115 Å². The van der Waals surface area contributed by atoms with Crippen LogP contribution < -0.4 is 9.80 Å². The fraction of sp³-hybridized carbons (Fsp3) is 0.0435. The number of aromatic nitrogens is 2. The summed E-state index contributed by atoms with van der Waals surface area (Å²) >= 11 is 0. The zero-order chi connectivity index (χ0) is 48.3. The molecule has 4 aromatic heterocycles. The topological polar surface area (TPSA) is 15.3 Å². The van der Waals surface area contributed by atoms with E-state index in [1.807, 2.05) is 0 Å². The Morgan fingerprint density at radius 1 is 0.370 bits per heavy atom. The molecule has 0 atom stereocenters. The number of aryl methyl sites for hydroxylation is 2. The van der Waals surface area contributed by atoms with Gasteiger partial charge in [-0.2, -0.15) is 0 Å². The molecule has 0 unspecified atom stereocenters. The van der Waals surface area contributed by atoms with E-state index >= 15 is 0 Å². The zero-order valence-corrected chi connectivity index (χ0v) is 40.6. The summed E-state index contributed by atoms with van der Waals surface area (Å²) in [4.78, 5) is 4.89. The molecule has 344 valence electrons. The third-order valence-corrected chi connectivity index (χ3v) is 15.4. The van der Waals surface area contributed by atoms with Crippen molar-refractivity contribution in [2.24, 2.45) is 0 Å². The smallest absolute Gasteiger partial charge is 0.0634 e. The fourth-order valence-electron chi connectivity index (χ4n) is 12.6. The fourth-order valence-corrected chi connectivity index (χ4v) is 12.6. The van der Waals surface area contributed by atoms with Gasteiger partial charge < -0.3 is 18.6 Å². The molecule has 1 aliphatic rings. The van der Waals surface area contributed by atoms with Crippen molar-refractivity contribution in [3.8, 4) is 11.1 Å². The van der Waals surface area contributed by atoms with Gasteiger partial charge in [0.1, 0.15) is 0 Å². The average molecular weight is 933 g/mol. The van der Waals surface area contributed by atoms with Gasteiger partial charge in [-0.3, -0.25) is 0 Å². The minimum atomic E-state index is 0.838. The molecule has 14 aromatic rings. The molecule has 0 radical (unpaired) electrons. The first kappa shape index (κ1) is 41.4. The number of nitrogens with zero attached hydrogens (tertiary/aromatic N) is 4. The summed E-state index contributed by atoms with van der Waals surface area (Å²) in [6.45, 7) is 4.36. The van der Waals surface area contributed by atoms with E-state index in [0.717, 1.165) is 40.5 Å². The van der Waals surface area contributed by atoms with Crippen LogP contribution in [0.2, 0.25) is 0 Å². The van der Waals surface area contributed by atoms with E-state index in [9.17, 15) is 0 Å². The van der Waals surface area contributed by atoms with E-state index in [2.05, 4.69) is 275 Å². The van der Waals surface area contributed by atoms with Crippen LogP contribution in [-0.2, 0) is 0 Å². The SMILES string of the molecule is Cc1cccc(N(c2ccccc2)c2cccc3c2c2cccc4c5c(-c6ccccc6)c6c(c(C7=CCC=CC=C7)c5n3c24)c2cccc3c4c(N(c5ccccc5)c5cccc(C)c5)cccc4n6c32)c1. The van der Waals surface area contributed by atoms with Crippen molar-refractivity contribution in [2.75, 3.05) is 9.80 Å². The second-order valence-electron chi connectivity index (χ2n) is 19.7. The maximum Gasteiger partial charge on any atom is 0.0634 e. The molecule has 0 fully saturated rings. The number of hydrogen-bond donors (Lipinski definition) is 0. The molecule has 0 saturated carbocycles. The average Bonchev–Trinajstić information content (AvgIpc) is 4.12. The molecule has 0 N–H and O–H groups in total. The third kappa shape index (κ3) is 6.01. The van der Waals surface area contributed by atoms with Crippen LogP contribution in [0.4, 0.5) is 34.1 Å². The van der Waals surface area contributed by atoms with Crippen molar-refractivity contribution < 1.29 is 0 Å². The van der Waals surface area contributed by atoms with E-state index in [4.69, 9.17) is 0 Å². The Morgan fingerprint density at radius 3 is 1.33 bits per heavy atom. The van der Waals surface area contributed by atoms with Crippen molar-refractivity contribution in [1.29, 1.82) is 0 Å². The summed E-state index contributed by atoms with van der Waals surface area (Å²) in [6.07, 6.45) is 12.3. The number of benzene rings is 10. The van der Waals surface area contributed by atoms with Gasteiger partial charge >= 0.3 is 0 Å². The number of rotatable bonds is 8. The standard InChI is InChI=1S/C69H48N4/c1-44-22-16-32-50(42-44)70(48-28-12-6-13-29-48)56-38-20-40-58-62(56)53-35-19-37-55-65-61(47-26-10-5-11-27-47)69-64(60(68(65)72(58)67(53)55)46-24-8-3-4-9-25-46)54-36-18-34-52-63-57(39-21-41-59(63)73(69)66(52)54)71(49-30-14-7-15-31-49)51-33-17-23-45(2)43-51/h3-8,10-43H,9H2,1-2H3. The van der Waals surface area contributed by atoms with Gasteiger partial charge in [0.25, 0.3) is 0 Å². The Morgan fingerprint density at radius 2 is 0.808 bits per heavy atom. The number of fused-ring (bicyclic) bond motifs is 12. The zero-order valence-electron chi connectivity index (χ0n) is 40.6. The highest BCUT2D eigenvalue weighted by Gasteiger charge is 2.32. The van der Waals surface area contributed by atoms with E-state index < -0.39 is 0 Å². The molecule has 4 heterocycles. The van der Waals surface area contributed by atoms with E-state index in [1.165, 1.54) is 110 Å². The number of anilines is 6. The van der Waals surface area contributed by atoms with Crippen LogP contribution in [0.15, 0.2) is 243 Å². The molecule has 4 heteroatoms. The molecule has 0 spiro atoms. The predicted octanol–water partition coefficient (Wildman–Crippen LogP) is 19.1. The molecular weight excluding hydrogens is 885 g/mol. The van der Waals surface area contributed by atoms with Crippen LogP contribution in [0.5, 0.6) is 0 Å². The van der Waals surface area contributed by atoms with Crippen molar-refractivity contribution in [1.82, 2.24) is 8.80 Å². The molecule has 0 amide bonds. The van der Waals surface area contributed by atoms with Crippen LogP contribution in [0.1, 0.15) is 23.1 Å². The highest BCUT2D eigenvalue weighted by Crippen LogP contribution is 2.55. The summed E-state index contributed by atoms with van der Waals surface area (Å²) in [5, 5.41) is 9.97. The van der Waals surface area contributed by atoms with Crippen molar-refractivity contribution >= 4 is 116 Å². The monoisotopic (exact) mass is 932 g/mol. The maximum atomic E-state index is 2.64. The molecule has 0 aliphatic heterocycles. The van der Waals surface area contributed by atoms with Crippen LogP contribution in [0.3, 0.4) is 0 Å². The molecule has 0 bridgehead atoms. The lowest BCUT2D eigenvalue weighted by atomic mass is 9.88. The highest BCUT2D eigenvalue weighted by atomic mass is 15.2. The second kappa shape index (κ2) is 16.1. The Labute approximate surface area is 423 Å². The summed E-state index contributed by atoms with van der Waals surface area (Å²) in [5.74, 6) is 0. The predicted molar refractivity (Wildman–Crippen MR) is 311 cm³/mol. The van der Waals surface area contributed by atoms with Crippen molar-refractivity contribution in [3.05, 3.63) is 259 Å². The minimum absolute atomic E-state index is 0.838. The molecule has 10 aromatic carbocycles. The highest BCUT2D eigenvalue weighted by molar-refractivity contribution is 6.37. The molecule has 0 saturated heterocycles. The normalized spacial score (nSPS) is 13.0. The quantitative estimate of drug-likeness (QED) is 0.151. The van der Waals surface area contributed by atoms with Crippen LogP contribution in [0.25, 0.3) is 92.9 Å². The van der Waals surface area contributed by atoms with Gasteiger partial charge in [0.15, 0.2) is 0 Å². The molecule has 15 rings (SSSR count). The lowest BCUT2D eigenvalue weighted by Gasteiger charge is -2.27. The first-order valence-electron chi connectivity index (χ1n) is 25.4. The maximum absolute atomic E-state index is 2.64. The lowest BCUT2D eigenvalue weighted by molar-refractivity contribution is 1.28. The summed E-state index contributed by atoms with van der Waals surface area (Å²) in [7, 11) is 0. The largest absolute Gasteiger partial charge is 0.310 e. The molecular formula is C69H48N4. The van der Waals surface area contributed by atoms with Crippen LogP contribution in [-0.4, -0.2) is 8.80 Å². The van der Waals surface area contributed by atoms with Gasteiger partial charge in [-0.15, -0.1) is 0 Å². The molecule has 1 aliphatic carbocycles. The van der Waals surface area contributed by atoms with Gasteiger partial charge in [0.05, 0.1) is 44.5 Å². The van der Waals surface area contributed by atoms with Gasteiger partial charge in [-0.1, -0.05) is 170 Å². The Balaban J connectivity index is 1.15. The third-order valence-electron chi connectivity index (χ3n) is 15.4. The minimum Gasteiger partial charge on any atom is -0.310 e. The number of para-hydroxylation sites is 4. The van der Waals surface area contributed by atoms with Crippen molar-refractivity contribution in [2.45, 2.75) is 20.3 Å². The molecule has 73 heavy (non-hydrogen) atoms. The lowest BCUT2D eigenvalue weighted by Crippen LogP contribution is -2.10. The van der Waals surface area contributed by atoms with E-state index in [-0.39, 0.29) is 0 Å². The summed E-state index contributed by atoms with van der Waals surface area (Å²) in [6, 6.07) is 78.5. The van der Waals surface area contributed by atoms with Crippen molar-refractivity contribution in [3.63, 3.8) is 0 Å². The number of hydrogen-bond acceptors (Lipinski definition) is 2. The van der Waals surface area contributed by atoms with Gasteiger partial charge in [0, 0.05) is 77.0 Å². The summed E-state index contributed by atoms with van der Waals surface area (Å²) < 4.78 is 5.27. The first-order chi connectivity index (χ1) is 36.1. The Kier molecular flexibility index (Phi) is 9.12. The number of allylic oxidation sites excluding steroid dienone is 6. The van der Waals surface area contributed by atoms with E-state index in [0.29, 0.717) is 0 Å². The van der Waals surface area contributed by atoms with Crippen LogP contribution in [0, 0.1) is 13.8 Å². The summed E-state index contributed by atoms with van der Waals surface area (Å²) in [5.41, 5.74) is 21.5. The van der Waals surface area contributed by atoms with Gasteiger partial charge in [-0.25, -0.2) is 0 Å². The second-order valence-corrected chi connectivity index (χ2v) is 19.7. The van der Waals surface area contributed by atoms with Crippen LogP contribution >= 0.6 is 0 Å². The first-order valence-corrected chi connectivity index (χ1v) is 25.4. The van der Waals surface area contributed by atoms with E-state index in [1.54, 1.807) is 0 Å². The van der Waals surface area contributed by atoms with Gasteiger partial charge in [0.2, 0.25) is 0 Å². The Bertz CT molecular complexity index is 4590.